The van der Waals surface area contributed by atoms with Gasteiger partial charge in [-0.3, -0.25) is 4.90 Å². The van der Waals surface area contributed by atoms with Crippen LogP contribution in [0.3, 0.4) is 0 Å². The Bertz CT molecular complexity index is 805. The summed E-state index contributed by atoms with van der Waals surface area (Å²) >= 11 is 0. The van der Waals surface area contributed by atoms with E-state index < -0.39 is 0 Å². The fourth-order valence-corrected chi connectivity index (χ4v) is 3.19. The van der Waals surface area contributed by atoms with E-state index in [-0.39, 0.29) is 0 Å². The van der Waals surface area contributed by atoms with Crippen LogP contribution in [0.1, 0.15) is 23.1 Å². The summed E-state index contributed by atoms with van der Waals surface area (Å²) in [6, 6.07) is 14.9. The normalized spacial score (nSPS) is 17.1. The zero-order valence-electron chi connectivity index (χ0n) is 14.6. The summed E-state index contributed by atoms with van der Waals surface area (Å²) in [5.74, 6) is 1.67. The minimum Gasteiger partial charge on any atom is -0.454 e. The quantitative estimate of drug-likeness (QED) is 0.818. The minimum atomic E-state index is 0.324. The number of fused-ring (bicyclic) bond motifs is 1. The molecule has 25 heavy (non-hydrogen) atoms. The molecular weight excluding hydrogens is 310 g/mol. The minimum absolute atomic E-state index is 0.324. The topological polar surface area (TPSA) is 21.7 Å². The van der Waals surface area contributed by atoms with E-state index in [4.69, 9.17) is 9.47 Å². The van der Waals surface area contributed by atoms with Crippen molar-refractivity contribution in [3.05, 3.63) is 76.9 Å². The van der Waals surface area contributed by atoms with Crippen molar-refractivity contribution in [1.82, 2.24) is 4.90 Å². The van der Waals surface area contributed by atoms with Crippen LogP contribution in [0.25, 0.3) is 6.08 Å². The maximum absolute atomic E-state index is 5.43. The molecule has 2 aliphatic rings. The van der Waals surface area contributed by atoms with Crippen LogP contribution in [0.5, 0.6) is 11.5 Å². The SMILES string of the molecule is Cc1ccc(CN2CC=C(/C=C/c3ccc4c(c3)OCO4)CC2)cc1. The molecular formula is C22H23NO2. The van der Waals surface area contributed by atoms with Gasteiger partial charge in [-0.05, 0) is 42.2 Å². The second-order valence-corrected chi connectivity index (χ2v) is 6.70. The Morgan fingerprint density at radius 3 is 2.64 bits per heavy atom. The third-order valence-corrected chi connectivity index (χ3v) is 4.74. The van der Waals surface area contributed by atoms with Gasteiger partial charge in [0.1, 0.15) is 0 Å². The van der Waals surface area contributed by atoms with Gasteiger partial charge < -0.3 is 9.47 Å². The second kappa shape index (κ2) is 7.16. The molecule has 3 heteroatoms. The van der Waals surface area contributed by atoms with E-state index in [9.17, 15) is 0 Å². The van der Waals surface area contributed by atoms with Crippen LogP contribution in [0, 0.1) is 6.92 Å². The van der Waals surface area contributed by atoms with Crippen LogP contribution in [0.2, 0.25) is 0 Å². The van der Waals surface area contributed by atoms with Gasteiger partial charge in [0.2, 0.25) is 6.79 Å². The highest BCUT2D eigenvalue weighted by Gasteiger charge is 2.13. The highest BCUT2D eigenvalue weighted by molar-refractivity contribution is 5.58. The molecule has 0 spiro atoms. The molecule has 0 aliphatic carbocycles. The van der Waals surface area contributed by atoms with Crippen molar-refractivity contribution in [2.45, 2.75) is 19.9 Å². The first-order valence-corrected chi connectivity index (χ1v) is 8.81. The average Bonchev–Trinajstić information content (AvgIpc) is 3.11. The van der Waals surface area contributed by atoms with Crippen molar-refractivity contribution < 1.29 is 9.47 Å². The van der Waals surface area contributed by atoms with Crippen molar-refractivity contribution >= 4 is 6.08 Å². The lowest BCUT2D eigenvalue weighted by atomic mass is 10.0. The smallest absolute Gasteiger partial charge is 0.231 e. The number of rotatable bonds is 4. The first-order valence-electron chi connectivity index (χ1n) is 8.81. The van der Waals surface area contributed by atoms with E-state index in [0.717, 1.165) is 43.1 Å². The number of allylic oxidation sites excluding steroid dienone is 1. The molecule has 0 N–H and O–H groups in total. The molecule has 0 bridgehead atoms. The summed E-state index contributed by atoms with van der Waals surface area (Å²) in [6.45, 7) is 5.59. The molecule has 2 aromatic rings. The van der Waals surface area contributed by atoms with Gasteiger partial charge in [0, 0.05) is 19.6 Å². The third kappa shape index (κ3) is 3.94. The standard InChI is InChI=1S/C22H23NO2/c1-17-2-4-20(5-3-17)15-23-12-10-18(11-13-23)6-7-19-8-9-21-22(14-19)25-16-24-21/h2-10,14H,11-13,15-16H2,1H3/b7-6+. The Balaban J connectivity index is 1.35. The van der Waals surface area contributed by atoms with Crippen LogP contribution >= 0.6 is 0 Å². The molecule has 0 radical (unpaired) electrons. The van der Waals surface area contributed by atoms with Gasteiger partial charge >= 0.3 is 0 Å². The highest BCUT2D eigenvalue weighted by Crippen LogP contribution is 2.33. The molecule has 0 saturated heterocycles. The van der Waals surface area contributed by atoms with Crippen LogP contribution in [-0.4, -0.2) is 24.8 Å². The molecule has 2 aromatic carbocycles. The number of nitrogens with zero attached hydrogens (tertiary/aromatic N) is 1. The summed E-state index contributed by atoms with van der Waals surface area (Å²) in [5.41, 5.74) is 5.25. The second-order valence-electron chi connectivity index (χ2n) is 6.70. The van der Waals surface area contributed by atoms with Gasteiger partial charge in [-0.1, -0.05) is 54.1 Å². The fraction of sp³-hybridized carbons (Fsp3) is 0.273. The van der Waals surface area contributed by atoms with Crippen LogP contribution in [-0.2, 0) is 6.54 Å². The zero-order valence-corrected chi connectivity index (χ0v) is 14.6. The van der Waals surface area contributed by atoms with Crippen LogP contribution in [0.15, 0.2) is 60.2 Å². The van der Waals surface area contributed by atoms with Gasteiger partial charge in [-0.2, -0.15) is 0 Å². The summed E-state index contributed by atoms with van der Waals surface area (Å²) in [5, 5.41) is 0. The number of hydrogen-bond donors (Lipinski definition) is 0. The van der Waals surface area contributed by atoms with Crippen LogP contribution < -0.4 is 9.47 Å². The van der Waals surface area contributed by atoms with E-state index >= 15 is 0 Å². The first kappa shape index (κ1) is 16.0. The zero-order chi connectivity index (χ0) is 17.1. The van der Waals surface area contributed by atoms with Crippen molar-refractivity contribution in [2.75, 3.05) is 19.9 Å². The number of aryl methyl sites for hydroxylation is 1. The molecule has 2 aliphatic heterocycles. The van der Waals surface area contributed by atoms with Gasteiger partial charge in [-0.25, -0.2) is 0 Å². The largest absolute Gasteiger partial charge is 0.454 e. The lowest BCUT2D eigenvalue weighted by Gasteiger charge is -2.25. The van der Waals surface area contributed by atoms with Crippen LogP contribution in [0.4, 0.5) is 0 Å². The summed E-state index contributed by atoms with van der Waals surface area (Å²) in [6.07, 6.45) is 7.80. The summed E-state index contributed by atoms with van der Waals surface area (Å²) in [4.78, 5) is 2.49. The maximum Gasteiger partial charge on any atom is 0.231 e. The molecule has 3 nitrogen and oxygen atoms in total. The molecule has 0 atom stereocenters. The van der Waals surface area contributed by atoms with E-state index in [1.54, 1.807) is 0 Å². The van der Waals surface area contributed by atoms with Crippen molar-refractivity contribution in [2.24, 2.45) is 0 Å². The van der Waals surface area contributed by atoms with Gasteiger partial charge in [0.15, 0.2) is 11.5 Å². The van der Waals surface area contributed by atoms with Gasteiger partial charge in [-0.15, -0.1) is 0 Å². The lowest BCUT2D eigenvalue weighted by molar-refractivity contribution is 0.174. The predicted molar refractivity (Wildman–Crippen MR) is 101 cm³/mol. The van der Waals surface area contributed by atoms with Crippen molar-refractivity contribution in [3.8, 4) is 11.5 Å². The summed E-state index contributed by atoms with van der Waals surface area (Å²) < 4.78 is 10.8. The predicted octanol–water partition coefficient (Wildman–Crippen LogP) is 4.57. The molecule has 0 saturated carbocycles. The Morgan fingerprint density at radius 2 is 1.84 bits per heavy atom. The number of hydrogen-bond acceptors (Lipinski definition) is 3. The van der Waals surface area contributed by atoms with Crippen molar-refractivity contribution in [3.63, 3.8) is 0 Å². The molecule has 4 rings (SSSR count). The molecule has 0 amide bonds. The van der Waals surface area contributed by atoms with E-state index in [2.05, 4.69) is 60.4 Å². The summed E-state index contributed by atoms with van der Waals surface area (Å²) in [7, 11) is 0. The van der Waals surface area contributed by atoms with Gasteiger partial charge in [0.05, 0.1) is 0 Å². The van der Waals surface area contributed by atoms with E-state index in [1.807, 2.05) is 12.1 Å². The number of benzene rings is 2. The Labute approximate surface area is 149 Å². The van der Waals surface area contributed by atoms with E-state index in [0.29, 0.717) is 6.79 Å². The lowest BCUT2D eigenvalue weighted by Crippen LogP contribution is -2.28. The Kier molecular flexibility index (Phi) is 4.57. The van der Waals surface area contributed by atoms with Gasteiger partial charge in [0.25, 0.3) is 0 Å². The average molecular weight is 333 g/mol. The van der Waals surface area contributed by atoms with E-state index in [1.165, 1.54) is 16.7 Å². The highest BCUT2D eigenvalue weighted by atomic mass is 16.7. The first-order chi connectivity index (χ1) is 12.3. The molecule has 0 aromatic heterocycles. The molecule has 0 unspecified atom stereocenters. The maximum atomic E-state index is 5.43. The Morgan fingerprint density at radius 1 is 1.00 bits per heavy atom. The van der Waals surface area contributed by atoms with Crippen molar-refractivity contribution in [1.29, 1.82) is 0 Å². The number of ether oxygens (including phenoxy) is 2. The molecule has 0 fully saturated rings. The fourth-order valence-electron chi connectivity index (χ4n) is 3.19. The third-order valence-electron chi connectivity index (χ3n) is 4.74. The molecule has 2 heterocycles. The molecule has 128 valence electrons. The Hall–Kier alpha value is -2.52. The monoisotopic (exact) mass is 333 g/mol.